The molecule has 6 bridgehead atoms. The van der Waals surface area contributed by atoms with E-state index in [0.29, 0.717) is 35.8 Å². The summed E-state index contributed by atoms with van der Waals surface area (Å²) in [6, 6.07) is 14.5. The molecule has 3 heterocycles. The SMILES string of the molecule is Cc1cccc(C)c1-c1cc2nc(n1)NS(=O)(=O)c1cccc(c1)C(=O)N1C[C@@H](CN(C3CC4(CCCC4)C3)C[C@H]1C(C)C)O2. The fourth-order valence-electron chi connectivity index (χ4n) is 8.19. The monoisotopic (exact) mass is 629 g/mol. The second-order valence-electron chi connectivity index (χ2n) is 14.0. The summed E-state index contributed by atoms with van der Waals surface area (Å²) in [6.07, 6.45) is 7.35. The van der Waals surface area contributed by atoms with Crippen LogP contribution in [0.15, 0.2) is 53.4 Å². The van der Waals surface area contributed by atoms with Crippen molar-refractivity contribution in [2.75, 3.05) is 24.4 Å². The lowest BCUT2D eigenvalue weighted by Crippen LogP contribution is -2.54. The van der Waals surface area contributed by atoms with E-state index in [9.17, 15) is 13.2 Å². The molecular weight excluding hydrogens is 586 g/mol. The maximum Gasteiger partial charge on any atom is 0.264 e. The van der Waals surface area contributed by atoms with Crippen LogP contribution >= 0.6 is 0 Å². The molecule has 3 aromatic rings. The molecule has 0 unspecified atom stereocenters. The first kappa shape index (κ1) is 30.2. The highest BCUT2D eigenvalue weighted by Gasteiger charge is 2.49. The average Bonchev–Trinajstić information content (AvgIpc) is 3.39. The summed E-state index contributed by atoms with van der Waals surface area (Å²) in [5.74, 6) is 0.231. The number of rotatable bonds is 3. The lowest BCUT2D eigenvalue weighted by atomic mass is 9.63. The number of nitrogens with zero attached hydrogens (tertiary/aromatic N) is 4. The second-order valence-corrected chi connectivity index (χ2v) is 15.7. The van der Waals surface area contributed by atoms with Crippen LogP contribution in [0.2, 0.25) is 0 Å². The third-order valence-corrected chi connectivity index (χ3v) is 11.9. The zero-order valence-electron chi connectivity index (χ0n) is 26.6. The molecule has 2 aromatic carbocycles. The van der Waals surface area contributed by atoms with Gasteiger partial charge in [-0.25, -0.2) is 18.1 Å². The number of aromatic nitrogens is 2. The summed E-state index contributed by atoms with van der Waals surface area (Å²) in [5, 5.41) is 0. The van der Waals surface area contributed by atoms with Gasteiger partial charge in [-0.15, -0.1) is 0 Å². The zero-order chi connectivity index (χ0) is 31.5. The molecule has 9 nitrogen and oxygen atoms in total. The maximum absolute atomic E-state index is 14.3. The second kappa shape index (κ2) is 11.4. The van der Waals surface area contributed by atoms with Gasteiger partial charge in [0.25, 0.3) is 15.9 Å². The van der Waals surface area contributed by atoms with E-state index in [1.807, 2.05) is 36.9 Å². The van der Waals surface area contributed by atoms with Crippen LogP contribution < -0.4 is 9.46 Å². The largest absolute Gasteiger partial charge is 0.471 e. The number of ether oxygens (including phenoxy) is 1. The third kappa shape index (κ3) is 5.71. The number of anilines is 1. The normalized spacial score (nSPS) is 24.6. The van der Waals surface area contributed by atoms with Crippen molar-refractivity contribution < 1.29 is 17.9 Å². The molecule has 2 aliphatic heterocycles. The number of carbonyl (C=O) groups excluding carboxylic acids is 1. The van der Waals surface area contributed by atoms with E-state index < -0.39 is 10.0 Å². The number of hydrogen-bond acceptors (Lipinski definition) is 7. The number of hydrogen-bond donors (Lipinski definition) is 1. The first-order chi connectivity index (χ1) is 21.5. The Labute approximate surface area is 266 Å². The van der Waals surface area contributed by atoms with E-state index >= 15 is 0 Å². The van der Waals surface area contributed by atoms with Gasteiger partial charge in [-0.2, -0.15) is 4.98 Å². The van der Waals surface area contributed by atoms with Gasteiger partial charge in [-0.05, 0) is 80.2 Å². The predicted octanol–water partition coefficient (Wildman–Crippen LogP) is 5.83. The van der Waals surface area contributed by atoms with Crippen LogP contribution in [0.1, 0.15) is 73.9 Å². The molecule has 1 N–H and O–H groups in total. The van der Waals surface area contributed by atoms with Crippen molar-refractivity contribution in [2.45, 2.75) is 89.3 Å². The van der Waals surface area contributed by atoms with Gasteiger partial charge < -0.3 is 9.64 Å². The molecule has 3 fully saturated rings. The predicted molar refractivity (Wildman–Crippen MR) is 174 cm³/mol. The average molecular weight is 630 g/mol. The quantitative estimate of drug-likeness (QED) is 0.389. The van der Waals surface area contributed by atoms with Gasteiger partial charge in [-0.1, -0.05) is 51.0 Å². The van der Waals surface area contributed by atoms with Crippen LogP contribution in [0.4, 0.5) is 5.95 Å². The summed E-state index contributed by atoms with van der Waals surface area (Å²) in [4.78, 5) is 28.0. The number of sulfonamides is 1. The van der Waals surface area contributed by atoms with Crippen molar-refractivity contribution in [3.8, 4) is 17.1 Å². The summed E-state index contributed by atoms with van der Waals surface area (Å²) < 4.78 is 36.5. The van der Waals surface area contributed by atoms with Gasteiger partial charge in [0, 0.05) is 42.4 Å². The van der Waals surface area contributed by atoms with Gasteiger partial charge in [0.05, 0.1) is 17.1 Å². The van der Waals surface area contributed by atoms with E-state index in [1.165, 1.54) is 50.7 Å². The first-order valence-electron chi connectivity index (χ1n) is 16.3. The smallest absolute Gasteiger partial charge is 0.264 e. The lowest BCUT2D eigenvalue weighted by molar-refractivity contribution is -0.0111. The van der Waals surface area contributed by atoms with E-state index in [0.717, 1.165) is 23.2 Å². The van der Waals surface area contributed by atoms with Crippen molar-refractivity contribution in [3.05, 3.63) is 65.2 Å². The van der Waals surface area contributed by atoms with Crippen molar-refractivity contribution in [1.29, 1.82) is 0 Å². The Morgan fingerprint density at radius 2 is 1.67 bits per heavy atom. The molecule has 1 saturated heterocycles. The Balaban J connectivity index is 1.34. The fourth-order valence-corrected chi connectivity index (χ4v) is 9.17. The molecule has 0 radical (unpaired) electrons. The van der Waals surface area contributed by atoms with Gasteiger partial charge in [0.2, 0.25) is 11.8 Å². The van der Waals surface area contributed by atoms with Crippen LogP contribution in [-0.2, 0) is 10.0 Å². The van der Waals surface area contributed by atoms with Crippen LogP contribution in [0.25, 0.3) is 11.3 Å². The van der Waals surface area contributed by atoms with Gasteiger partial charge >= 0.3 is 0 Å². The first-order valence-corrected chi connectivity index (χ1v) is 17.8. The van der Waals surface area contributed by atoms with Gasteiger partial charge in [0.15, 0.2) is 0 Å². The van der Waals surface area contributed by atoms with E-state index in [-0.39, 0.29) is 40.7 Å². The number of fused-ring (bicyclic) bond motifs is 6. The summed E-state index contributed by atoms with van der Waals surface area (Å²) in [6.45, 7) is 10.1. The summed E-state index contributed by atoms with van der Waals surface area (Å²) in [5.41, 5.74) is 4.35. The van der Waals surface area contributed by atoms with Crippen molar-refractivity contribution in [3.63, 3.8) is 0 Å². The minimum absolute atomic E-state index is 0.0124. The highest BCUT2D eigenvalue weighted by atomic mass is 32.2. The molecule has 4 aliphatic rings. The topological polar surface area (TPSA) is 105 Å². The van der Waals surface area contributed by atoms with Crippen molar-refractivity contribution >= 4 is 21.9 Å². The molecule has 2 saturated carbocycles. The molecule has 2 aliphatic carbocycles. The summed E-state index contributed by atoms with van der Waals surface area (Å²) >= 11 is 0. The van der Waals surface area contributed by atoms with E-state index in [2.05, 4.69) is 33.4 Å². The Kier molecular flexibility index (Phi) is 7.63. The lowest BCUT2D eigenvalue weighted by Gasteiger charge is -2.51. The number of nitrogens with one attached hydrogen (secondary N) is 1. The fraction of sp³-hybridized carbons (Fsp3) is 0.514. The molecule has 238 valence electrons. The highest BCUT2D eigenvalue weighted by molar-refractivity contribution is 7.92. The van der Waals surface area contributed by atoms with Crippen molar-refractivity contribution in [1.82, 2.24) is 19.8 Å². The summed E-state index contributed by atoms with van der Waals surface area (Å²) in [7, 11) is -4.10. The van der Waals surface area contributed by atoms with Gasteiger partial charge in [0.1, 0.15) is 6.10 Å². The standard InChI is InChI=1S/C35H43N5O4S/c1-22(2)30-21-39(26-17-35(18-26)13-5-6-14-35)19-27-20-40(30)33(41)25-11-8-12-28(15-25)45(42,43)38-34-36-29(16-31(37-34)44-27)32-23(3)9-7-10-24(32)4/h7-12,15-16,22,26-27,30H,5-6,13-14,17-21H2,1-4H3,(H,36,37,38)/t27-,30+/m1/s1. The zero-order valence-corrected chi connectivity index (χ0v) is 27.4. The Hall–Kier alpha value is -3.50. The van der Waals surface area contributed by atoms with Crippen LogP contribution in [0, 0.1) is 25.2 Å². The molecule has 1 amide bonds. The van der Waals surface area contributed by atoms with Gasteiger partial charge in [-0.3, -0.25) is 9.69 Å². The molecule has 45 heavy (non-hydrogen) atoms. The van der Waals surface area contributed by atoms with Crippen molar-refractivity contribution in [2.24, 2.45) is 11.3 Å². The molecular formula is C35H43N5O4S. The number of benzene rings is 2. The highest BCUT2D eigenvalue weighted by Crippen LogP contribution is 2.55. The molecule has 1 aromatic heterocycles. The molecule has 7 rings (SSSR count). The molecule has 10 heteroatoms. The minimum atomic E-state index is -4.10. The van der Waals surface area contributed by atoms with E-state index in [4.69, 9.17) is 4.74 Å². The number of aryl methyl sites for hydroxylation is 2. The minimum Gasteiger partial charge on any atom is -0.471 e. The number of amides is 1. The third-order valence-electron chi connectivity index (χ3n) is 10.6. The van der Waals surface area contributed by atoms with Crippen LogP contribution in [0.5, 0.6) is 5.88 Å². The maximum atomic E-state index is 14.3. The van der Waals surface area contributed by atoms with Crippen LogP contribution in [0.3, 0.4) is 0 Å². The Bertz CT molecular complexity index is 1710. The Morgan fingerprint density at radius 1 is 0.956 bits per heavy atom. The van der Waals surface area contributed by atoms with Crippen LogP contribution in [-0.4, -0.2) is 71.9 Å². The molecule has 1 spiro atoms. The number of carbonyl (C=O) groups is 1. The molecule has 2 atom stereocenters. The van der Waals surface area contributed by atoms with E-state index in [1.54, 1.807) is 18.2 Å². The Morgan fingerprint density at radius 3 is 2.38 bits per heavy atom.